The molecule has 286 valence electrons. The molecule has 4 heteroatoms. The summed E-state index contributed by atoms with van der Waals surface area (Å²) in [5.41, 5.74) is 21.7. The maximum atomic E-state index is 6.27. The Kier molecular flexibility index (Phi) is 7.40. The molecule has 1 atom stereocenters. The Balaban J connectivity index is 0.948. The average molecular weight is 780 g/mol. The van der Waals surface area contributed by atoms with E-state index in [1.165, 1.54) is 50.2 Å². The summed E-state index contributed by atoms with van der Waals surface area (Å²) in [5, 5.41) is 2.23. The first-order chi connectivity index (χ1) is 30.2. The Morgan fingerprint density at radius 1 is 0.426 bits per heavy atom. The van der Waals surface area contributed by atoms with E-state index in [0.29, 0.717) is 0 Å². The molecule has 0 fully saturated rings. The number of furan rings is 1. The Hall–Kier alpha value is -7.95. The molecule has 4 heterocycles. The standard InChI is InChI=1S/C57H37N3O/c1-2-13-37(14-3-1)46-34-40-15-4-8-20-49(40)58-56(46)38-27-25-36(26-28-38)39-29-31-50-47(33-39)43-17-6-5-16-42(43)45-19-12-23-53-57(45)60(50)52-22-10-9-21-51(52)59(53)41-30-32-55-48(35-41)44-18-7-11-24-54(44)61-55/h1-33,35,46H,34H2. The van der Waals surface area contributed by atoms with Crippen molar-refractivity contribution < 1.29 is 4.42 Å². The lowest BCUT2D eigenvalue weighted by atomic mass is 9.82. The van der Waals surface area contributed by atoms with Gasteiger partial charge in [-0.3, -0.25) is 4.99 Å². The first-order valence-corrected chi connectivity index (χ1v) is 21.0. The minimum Gasteiger partial charge on any atom is -0.456 e. The molecule has 13 rings (SSSR count). The van der Waals surface area contributed by atoms with Crippen molar-refractivity contribution in [2.45, 2.75) is 12.3 Å². The number of fused-ring (bicyclic) bond motifs is 11. The van der Waals surface area contributed by atoms with Gasteiger partial charge in [0.2, 0.25) is 0 Å². The monoisotopic (exact) mass is 779 g/mol. The van der Waals surface area contributed by atoms with E-state index in [9.17, 15) is 0 Å². The number of rotatable bonds is 4. The Bertz CT molecular complexity index is 3420. The molecule has 0 amide bonds. The highest BCUT2D eigenvalue weighted by molar-refractivity contribution is 6.14. The molecular formula is C57H37N3O. The van der Waals surface area contributed by atoms with Crippen molar-refractivity contribution >= 4 is 67.5 Å². The van der Waals surface area contributed by atoms with Crippen molar-refractivity contribution in [2.75, 3.05) is 9.80 Å². The smallest absolute Gasteiger partial charge is 0.135 e. The number of benzene rings is 9. The van der Waals surface area contributed by atoms with E-state index in [0.717, 1.165) is 73.8 Å². The fourth-order valence-electron chi connectivity index (χ4n) is 10.1. The highest BCUT2D eigenvalue weighted by atomic mass is 16.3. The van der Waals surface area contributed by atoms with Crippen molar-refractivity contribution in [3.63, 3.8) is 0 Å². The number of anilines is 6. The van der Waals surface area contributed by atoms with E-state index in [4.69, 9.17) is 9.41 Å². The Morgan fingerprint density at radius 2 is 1.08 bits per heavy atom. The van der Waals surface area contributed by atoms with Crippen molar-refractivity contribution in [1.29, 1.82) is 0 Å². The number of hydrogen-bond acceptors (Lipinski definition) is 4. The molecule has 4 nitrogen and oxygen atoms in total. The zero-order valence-corrected chi connectivity index (χ0v) is 33.2. The Morgan fingerprint density at radius 3 is 1.95 bits per heavy atom. The zero-order valence-electron chi connectivity index (χ0n) is 33.2. The van der Waals surface area contributed by atoms with E-state index in [-0.39, 0.29) is 5.92 Å². The second-order valence-electron chi connectivity index (χ2n) is 16.3. The van der Waals surface area contributed by atoms with Crippen LogP contribution in [-0.4, -0.2) is 5.71 Å². The van der Waals surface area contributed by atoms with Gasteiger partial charge in [0.25, 0.3) is 0 Å². The third-order valence-corrected chi connectivity index (χ3v) is 12.9. The highest BCUT2D eigenvalue weighted by Crippen LogP contribution is 2.61. The van der Waals surface area contributed by atoms with Gasteiger partial charge in [0.05, 0.1) is 39.8 Å². The summed E-state index contributed by atoms with van der Waals surface area (Å²) in [5.74, 6) is 0.189. The van der Waals surface area contributed by atoms with Gasteiger partial charge >= 0.3 is 0 Å². The van der Waals surface area contributed by atoms with Crippen molar-refractivity contribution in [2.24, 2.45) is 4.99 Å². The third-order valence-electron chi connectivity index (χ3n) is 12.9. The highest BCUT2D eigenvalue weighted by Gasteiger charge is 2.36. The summed E-state index contributed by atoms with van der Waals surface area (Å²) in [6, 6.07) is 74.8. The quantitative estimate of drug-likeness (QED) is 0.178. The first kappa shape index (κ1) is 34.0. The largest absolute Gasteiger partial charge is 0.456 e. The summed E-state index contributed by atoms with van der Waals surface area (Å²) < 4.78 is 6.27. The van der Waals surface area contributed by atoms with Gasteiger partial charge in [-0.15, -0.1) is 0 Å². The number of nitrogens with zero attached hydrogens (tertiary/aromatic N) is 3. The van der Waals surface area contributed by atoms with Gasteiger partial charge in [-0.2, -0.15) is 0 Å². The predicted octanol–water partition coefficient (Wildman–Crippen LogP) is 15.6. The van der Waals surface area contributed by atoms with Crippen molar-refractivity contribution in [1.82, 2.24) is 0 Å². The molecule has 0 saturated carbocycles. The van der Waals surface area contributed by atoms with Crippen LogP contribution in [0.2, 0.25) is 0 Å². The lowest BCUT2D eigenvalue weighted by Crippen LogP contribution is -2.24. The van der Waals surface area contributed by atoms with Gasteiger partial charge in [0.15, 0.2) is 0 Å². The SMILES string of the molecule is c1ccc(C2Cc3ccccc3N=C2c2ccc(-c3ccc4c(c3)-c3ccccc3-c3cccc5c3N4c3ccccc3N5c3ccc4oc5ccccc5c4c3)cc2)cc1. The lowest BCUT2D eigenvalue weighted by molar-refractivity contribution is 0.669. The molecule has 0 bridgehead atoms. The maximum absolute atomic E-state index is 6.27. The molecular weight excluding hydrogens is 743 g/mol. The average Bonchev–Trinajstić information content (AvgIpc) is 3.65. The molecule has 0 N–H and O–H groups in total. The van der Waals surface area contributed by atoms with Gasteiger partial charge in [0.1, 0.15) is 11.2 Å². The summed E-state index contributed by atoms with van der Waals surface area (Å²) in [6.45, 7) is 0. The normalized spacial score (nSPS) is 14.7. The minimum atomic E-state index is 0.189. The van der Waals surface area contributed by atoms with E-state index in [1.807, 2.05) is 12.1 Å². The predicted molar refractivity (Wildman–Crippen MR) is 252 cm³/mol. The second-order valence-corrected chi connectivity index (χ2v) is 16.3. The van der Waals surface area contributed by atoms with Crippen LogP contribution in [0.5, 0.6) is 0 Å². The molecule has 0 aliphatic carbocycles. The van der Waals surface area contributed by atoms with Crippen LogP contribution in [0.3, 0.4) is 0 Å². The molecule has 1 unspecified atom stereocenters. The summed E-state index contributed by atoms with van der Waals surface area (Å²) in [7, 11) is 0. The fraction of sp³-hybridized carbons (Fsp3) is 0.0351. The molecule has 0 radical (unpaired) electrons. The molecule has 9 aromatic carbocycles. The van der Waals surface area contributed by atoms with Crippen LogP contribution < -0.4 is 9.80 Å². The van der Waals surface area contributed by atoms with Crippen LogP contribution in [0.15, 0.2) is 216 Å². The van der Waals surface area contributed by atoms with Crippen molar-refractivity contribution in [3.8, 4) is 33.4 Å². The molecule has 1 aromatic heterocycles. The maximum Gasteiger partial charge on any atom is 0.135 e. The van der Waals surface area contributed by atoms with Crippen molar-refractivity contribution in [3.05, 3.63) is 223 Å². The number of aliphatic imine (C=N–C) groups is 1. The fourth-order valence-corrected chi connectivity index (χ4v) is 10.1. The van der Waals surface area contributed by atoms with E-state index < -0.39 is 0 Å². The number of hydrogen-bond donors (Lipinski definition) is 0. The van der Waals surface area contributed by atoms with E-state index in [1.54, 1.807) is 0 Å². The zero-order chi connectivity index (χ0) is 40.0. The van der Waals surface area contributed by atoms with E-state index >= 15 is 0 Å². The summed E-state index contributed by atoms with van der Waals surface area (Å²) in [6.07, 6.45) is 0.934. The van der Waals surface area contributed by atoms with Gasteiger partial charge in [-0.25, -0.2) is 0 Å². The molecule has 0 saturated heterocycles. The van der Waals surface area contributed by atoms with Gasteiger partial charge in [-0.1, -0.05) is 146 Å². The summed E-state index contributed by atoms with van der Waals surface area (Å²) >= 11 is 0. The minimum absolute atomic E-state index is 0.189. The van der Waals surface area contributed by atoms with Crippen LogP contribution in [0.25, 0.3) is 55.3 Å². The molecule has 10 aromatic rings. The second kappa shape index (κ2) is 13.3. The third kappa shape index (κ3) is 5.22. The molecule has 61 heavy (non-hydrogen) atoms. The van der Waals surface area contributed by atoms with Gasteiger partial charge in [0, 0.05) is 33.5 Å². The van der Waals surface area contributed by atoms with Gasteiger partial charge < -0.3 is 14.2 Å². The van der Waals surface area contributed by atoms with Crippen LogP contribution in [0, 0.1) is 0 Å². The summed E-state index contributed by atoms with van der Waals surface area (Å²) in [4.78, 5) is 10.2. The van der Waals surface area contributed by atoms with E-state index in [2.05, 4.69) is 204 Å². The Labute approximate surface area is 353 Å². The molecule has 3 aliphatic rings. The van der Waals surface area contributed by atoms with Gasteiger partial charge in [-0.05, 0) is 106 Å². The van der Waals surface area contributed by atoms with Crippen LogP contribution in [-0.2, 0) is 6.42 Å². The van der Waals surface area contributed by atoms with Crippen LogP contribution in [0.4, 0.5) is 39.8 Å². The van der Waals surface area contributed by atoms with Crippen LogP contribution >= 0.6 is 0 Å². The van der Waals surface area contributed by atoms with Crippen LogP contribution in [0.1, 0.15) is 22.6 Å². The molecule has 3 aliphatic heterocycles. The molecule has 0 spiro atoms. The lowest BCUT2D eigenvalue weighted by Gasteiger charge is -2.41. The topological polar surface area (TPSA) is 32.0 Å². The first-order valence-electron chi connectivity index (χ1n) is 21.0. The number of para-hydroxylation sites is 5.